The Bertz CT molecular complexity index is 585. The van der Waals surface area contributed by atoms with E-state index >= 15 is 0 Å². The number of rotatable bonds is 0. The van der Waals surface area contributed by atoms with Crippen LogP contribution in [-0.2, 0) is 4.79 Å². The number of benzene rings is 1. The van der Waals surface area contributed by atoms with Gasteiger partial charge >= 0.3 is 0 Å². The van der Waals surface area contributed by atoms with E-state index in [0.717, 1.165) is 5.39 Å². The number of para-hydroxylation sites is 1. The van der Waals surface area contributed by atoms with Gasteiger partial charge in [-0.25, -0.2) is 0 Å². The topological polar surface area (TPSA) is 64.0 Å². The van der Waals surface area contributed by atoms with E-state index in [-0.39, 0.29) is 18.2 Å². The highest BCUT2D eigenvalue weighted by atomic mass is 16.2. The molecule has 0 saturated carbocycles. The minimum absolute atomic E-state index is 0.161. The smallest absolute Gasteiger partial charge is 0.256 e. The molecule has 74 valence electrons. The second-order valence-corrected chi connectivity index (χ2v) is 3.42. The van der Waals surface area contributed by atoms with Crippen molar-refractivity contribution in [2.75, 3.05) is 5.32 Å². The molecule has 0 atom stereocenters. The third-order valence-electron chi connectivity index (χ3n) is 2.41. The van der Waals surface area contributed by atoms with E-state index in [4.69, 9.17) is 0 Å². The van der Waals surface area contributed by atoms with E-state index in [9.17, 15) is 9.59 Å². The maximum absolute atomic E-state index is 11.6. The van der Waals surface area contributed by atoms with Crippen LogP contribution in [0.15, 0.2) is 24.4 Å². The Morgan fingerprint density at radius 2 is 2.20 bits per heavy atom. The van der Waals surface area contributed by atoms with Crippen LogP contribution in [-0.4, -0.2) is 21.6 Å². The number of hydrogen-bond acceptors (Lipinski definition) is 3. The molecule has 5 heteroatoms. The average Bonchev–Trinajstić information content (AvgIpc) is 2.56. The molecule has 1 aliphatic rings. The Hall–Kier alpha value is -2.17. The fourth-order valence-corrected chi connectivity index (χ4v) is 1.78. The van der Waals surface area contributed by atoms with Gasteiger partial charge in [-0.15, -0.1) is 0 Å². The Kier molecular flexibility index (Phi) is 1.45. The van der Waals surface area contributed by atoms with Gasteiger partial charge in [-0.3, -0.25) is 9.59 Å². The van der Waals surface area contributed by atoms with Crippen LogP contribution in [0, 0.1) is 0 Å². The number of hydrogen-bond donors (Lipinski definition) is 1. The van der Waals surface area contributed by atoms with Gasteiger partial charge < -0.3 is 5.32 Å². The van der Waals surface area contributed by atoms with Crippen LogP contribution in [0.4, 0.5) is 5.69 Å². The summed E-state index contributed by atoms with van der Waals surface area (Å²) in [5.74, 6) is -0.592. The van der Waals surface area contributed by atoms with Crippen LogP contribution >= 0.6 is 0 Å². The van der Waals surface area contributed by atoms with Gasteiger partial charge in [0.15, 0.2) is 0 Å². The summed E-state index contributed by atoms with van der Waals surface area (Å²) in [5.41, 5.74) is 1.31. The standard InChI is InChI=1S/C10H7N3O2/c14-8-4-9(15)13-10-6(5-11-13)2-1-3-7(10)12-8/h1-3,5H,4H2,(H,12,14). The lowest BCUT2D eigenvalue weighted by Gasteiger charge is -2.01. The molecule has 1 N–H and O–H groups in total. The molecule has 2 aromatic rings. The molecule has 15 heavy (non-hydrogen) atoms. The predicted octanol–water partition coefficient (Wildman–Crippen LogP) is 1.02. The van der Waals surface area contributed by atoms with Gasteiger partial charge in [0.05, 0.1) is 11.9 Å². The second-order valence-electron chi connectivity index (χ2n) is 3.42. The summed E-state index contributed by atoms with van der Waals surface area (Å²) in [6, 6.07) is 5.43. The van der Waals surface area contributed by atoms with E-state index < -0.39 is 0 Å². The molecular weight excluding hydrogens is 194 g/mol. The first-order chi connectivity index (χ1) is 7.25. The van der Waals surface area contributed by atoms with Crippen molar-refractivity contribution in [2.45, 2.75) is 6.42 Å². The summed E-state index contributed by atoms with van der Waals surface area (Å²) in [5, 5.41) is 7.51. The number of aromatic nitrogens is 2. The molecular formula is C10H7N3O2. The molecule has 1 amide bonds. The van der Waals surface area contributed by atoms with Gasteiger partial charge in [0.1, 0.15) is 11.9 Å². The van der Waals surface area contributed by atoms with Crippen molar-refractivity contribution in [2.24, 2.45) is 0 Å². The SMILES string of the molecule is O=C1CC(=O)n2ncc3cccc(c32)N1. The van der Waals surface area contributed by atoms with Gasteiger partial charge in [0, 0.05) is 5.39 Å². The predicted molar refractivity (Wildman–Crippen MR) is 53.6 cm³/mol. The van der Waals surface area contributed by atoms with E-state index in [0.29, 0.717) is 11.2 Å². The van der Waals surface area contributed by atoms with Crippen molar-refractivity contribution < 1.29 is 9.59 Å². The highest BCUT2D eigenvalue weighted by Gasteiger charge is 2.21. The van der Waals surface area contributed by atoms with Gasteiger partial charge in [0.2, 0.25) is 5.91 Å². The van der Waals surface area contributed by atoms with Crippen LogP contribution in [0.3, 0.4) is 0 Å². The van der Waals surface area contributed by atoms with Crippen molar-refractivity contribution in [3.8, 4) is 0 Å². The zero-order valence-corrected chi connectivity index (χ0v) is 7.73. The number of carbonyl (C=O) groups is 2. The fraction of sp³-hybridized carbons (Fsp3) is 0.100. The zero-order chi connectivity index (χ0) is 10.4. The zero-order valence-electron chi connectivity index (χ0n) is 7.73. The van der Waals surface area contributed by atoms with Crippen molar-refractivity contribution in [3.05, 3.63) is 24.4 Å². The molecule has 2 heterocycles. The molecule has 1 aromatic carbocycles. The molecule has 0 aliphatic carbocycles. The van der Waals surface area contributed by atoms with Crippen molar-refractivity contribution in [1.29, 1.82) is 0 Å². The monoisotopic (exact) mass is 201 g/mol. The summed E-state index contributed by atoms with van der Waals surface area (Å²) < 4.78 is 1.28. The lowest BCUT2D eigenvalue weighted by molar-refractivity contribution is -0.115. The third-order valence-corrected chi connectivity index (χ3v) is 2.41. The Balaban J connectivity index is 2.42. The van der Waals surface area contributed by atoms with Crippen molar-refractivity contribution in [3.63, 3.8) is 0 Å². The first kappa shape index (κ1) is 8.16. The molecule has 1 aromatic heterocycles. The number of nitrogens with zero attached hydrogens (tertiary/aromatic N) is 2. The minimum atomic E-state index is -0.299. The Morgan fingerprint density at radius 1 is 1.33 bits per heavy atom. The lowest BCUT2D eigenvalue weighted by Crippen LogP contribution is -2.17. The fourth-order valence-electron chi connectivity index (χ4n) is 1.78. The van der Waals surface area contributed by atoms with Crippen LogP contribution < -0.4 is 5.32 Å². The molecule has 0 fully saturated rings. The molecule has 0 spiro atoms. The summed E-state index contributed by atoms with van der Waals surface area (Å²) in [4.78, 5) is 22.9. The Labute approximate surface area is 84.7 Å². The van der Waals surface area contributed by atoms with Gasteiger partial charge in [0.25, 0.3) is 5.91 Å². The van der Waals surface area contributed by atoms with Crippen LogP contribution in [0.25, 0.3) is 10.9 Å². The van der Waals surface area contributed by atoms with Crippen LogP contribution in [0.2, 0.25) is 0 Å². The Morgan fingerprint density at radius 3 is 3.07 bits per heavy atom. The number of nitrogens with one attached hydrogen (secondary N) is 1. The average molecular weight is 201 g/mol. The molecule has 1 aliphatic heterocycles. The summed E-state index contributed by atoms with van der Waals surface area (Å²) in [6.07, 6.45) is 1.46. The summed E-state index contributed by atoms with van der Waals surface area (Å²) in [6.45, 7) is 0. The maximum Gasteiger partial charge on any atom is 0.256 e. The molecule has 0 bridgehead atoms. The maximum atomic E-state index is 11.6. The van der Waals surface area contributed by atoms with Gasteiger partial charge in [-0.2, -0.15) is 9.78 Å². The highest BCUT2D eigenvalue weighted by molar-refractivity contribution is 6.13. The highest BCUT2D eigenvalue weighted by Crippen LogP contribution is 2.25. The first-order valence-electron chi connectivity index (χ1n) is 4.55. The van der Waals surface area contributed by atoms with Gasteiger partial charge in [-0.05, 0) is 6.07 Å². The van der Waals surface area contributed by atoms with E-state index in [1.807, 2.05) is 12.1 Å². The van der Waals surface area contributed by atoms with E-state index in [1.165, 1.54) is 4.68 Å². The van der Waals surface area contributed by atoms with Gasteiger partial charge in [-0.1, -0.05) is 12.1 Å². The quantitative estimate of drug-likeness (QED) is 0.647. The van der Waals surface area contributed by atoms with E-state index in [1.54, 1.807) is 12.3 Å². The summed E-state index contributed by atoms with van der Waals surface area (Å²) >= 11 is 0. The molecule has 5 nitrogen and oxygen atoms in total. The molecule has 3 rings (SSSR count). The number of amides is 1. The van der Waals surface area contributed by atoms with Crippen molar-refractivity contribution >= 4 is 28.4 Å². The first-order valence-corrected chi connectivity index (χ1v) is 4.55. The van der Waals surface area contributed by atoms with Crippen LogP contribution in [0.1, 0.15) is 11.2 Å². The molecule has 0 radical (unpaired) electrons. The second kappa shape index (κ2) is 2.66. The van der Waals surface area contributed by atoms with Crippen molar-refractivity contribution in [1.82, 2.24) is 9.78 Å². The lowest BCUT2D eigenvalue weighted by atomic mass is 10.2. The number of carbonyl (C=O) groups excluding carboxylic acids is 2. The minimum Gasteiger partial charge on any atom is -0.324 e. The third kappa shape index (κ3) is 1.06. The van der Waals surface area contributed by atoms with E-state index in [2.05, 4.69) is 10.4 Å². The normalized spacial score (nSPS) is 15.2. The molecule has 0 saturated heterocycles. The van der Waals surface area contributed by atoms with Crippen LogP contribution in [0.5, 0.6) is 0 Å². The number of anilines is 1. The summed E-state index contributed by atoms with van der Waals surface area (Å²) in [7, 11) is 0. The largest absolute Gasteiger partial charge is 0.324 e. The molecule has 0 unspecified atom stereocenters.